The molecule has 0 spiro atoms. The van der Waals surface area contributed by atoms with Crippen LogP contribution in [0.3, 0.4) is 0 Å². The fourth-order valence-corrected chi connectivity index (χ4v) is 2.25. The molecule has 1 unspecified atom stereocenters. The van der Waals surface area contributed by atoms with Crippen molar-refractivity contribution in [3.05, 3.63) is 17.2 Å². The molecule has 1 aromatic carbocycles. The van der Waals surface area contributed by atoms with E-state index in [1.54, 1.807) is 0 Å². The summed E-state index contributed by atoms with van der Waals surface area (Å²) in [5.41, 5.74) is -0.550. The van der Waals surface area contributed by atoms with E-state index in [9.17, 15) is 20.1 Å². The zero-order chi connectivity index (χ0) is 17.8. The van der Waals surface area contributed by atoms with E-state index in [0.717, 1.165) is 0 Å². The van der Waals surface area contributed by atoms with Gasteiger partial charge in [-0.15, -0.1) is 0 Å². The number of rotatable bonds is 8. The Morgan fingerprint density at radius 3 is 2.30 bits per heavy atom. The summed E-state index contributed by atoms with van der Waals surface area (Å²) in [6.07, 6.45) is -1.18. The van der Waals surface area contributed by atoms with Crippen molar-refractivity contribution in [1.29, 1.82) is 0 Å². The van der Waals surface area contributed by atoms with Crippen LogP contribution >= 0.6 is 0 Å². The predicted molar refractivity (Wildman–Crippen MR) is 83.2 cm³/mol. The Morgan fingerprint density at radius 1 is 1.26 bits per heavy atom. The van der Waals surface area contributed by atoms with Crippen molar-refractivity contribution in [2.75, 3.05) is 14.2 Å². The second-order valence-corrected chi connectivity index (χ2v) is 5.86. The molecule has 0 bridgehead atoms. The normalized spacial score (nSPS) is 12.8. The Balaban J connectivity index is 3.35. The average molecular weight is 328 g/mol. The number of phenols is 1. The number of methoxy groups -OCH3 is 2. The van der Waals surface area contributed by atoms with Crippen molar-refractivity contribution in [2.45, 2.75) is 44.8 Å². The fraction of sp³-hybridized carbons (Fsp3) is 0.562. The van der Waals surface area contributed by atoms with E-state index in [0.29, 0.717) is 16.9 Å². The second-order valence-electron chi connectivity index (χ2n) is 5.86. The second kappa shape index (κ2) is 7.52. The van der Waals surface area contributed by atoms with Gasteiger partial charge in [0.2, 0.25) is 0 Å². The van der Waals surface area contributed by atoms with Gasteiger partial charge in [0.15, 0.2) is 0 Å². The summed E-state index contributed by atoms with van der Waals surface area (Å²) < 4.78 is 10.5. The van der Waals surface area contributed by atoms with Crippen LogP contribution in [0.1, 0.15) is 31.4 Å². The van der Waals surface area contributed by atoms with Gasteiger partial charge < -0.3 is 29.9 Å². The lowest BCUT2D eigenvalue weighted by molar-refractivity contribution is -0.136. The number of aliphatic carboxylic acids is 1. The smallest absolute Gasteiger partial charge is 0.303 e. The van der Waals surface area contributed by atoms with Gasteiger partial charge in [-0.25, -0.2) is 0 Å². The summed E-state index contributed by atoms with van der Waals surface area (Å²) >= 11 is 0. The number of phenolic OH excluding ortho intramolecular Hbond substituents is 1. The van der Waals surface area contributed by atoms with E-state index < -0.39 is 17.7 Å². The summed E-state index contributed by atoms with van der Waals surface area (Å²) in [4.78, 5) is 10.8. The largest absolute Gasteiger partial charge is 0.507 e. The maximum Gasteiger partial charge on any atom is 0.303 e. The summed E-state index contributed by atoms with van der Waals surface area (Å²) in [5.74, 6) is -0.588. The van der Waals surface area contributed by atoms with Crippen LogP contribution in [-0.2, 0) is 17.6 Å². The van der Waals surface area contributed by atoms with Crippen LogP contribution < -0.4 is 9.47 Å². The lowest BCUT2D eigenvalue weighted by Crippen LogP contribution is -2.37. The number of carboxylic acids is 1. The van der Waals surface area contributed by atoms with Gasteiger partial charge >= 0.3 is 5.97 Å². The first-order valence-electron chi connectivity index (χ1n) is 7.19. The molecule has 130 valence electrons. The number of aliphatic hydroxyl groups excluding tert-OH is 1. The van der Waals surface area contributed by atoms with Gasteiger partial charge in [-0.05, 0) is 20.3 Å². The van der Waals surface area contributed by atoms with E-state index in [2.05, 4.69) is 0 Å². The van der Waals surface area contributed by atoms with Crippen molar-refractivity contribution < 1.29 is 34.7 Å². The molecule has 7 heteroatoms. The molecule has 7 nitrogen and oxygen atoms in total. The molecule has 0 amide bonds. The molecular formula is C16H24O7. The molecule has 0 fully saturated rings. The Labute approximate surface area is 135 Å². The molecule has 1 atom stereocenters. The van der Waals surface area contributed by atoms with Crippen LogP contribution in [0.15, 0.2) is 6.07 Å². The first kappa shape index (κ1) is 19.1. The van der Waals surface area contributed by atoms with Crippen LogP contribution in [0, 0.1) is 0 Å². The van der Waals surface area contributed by atoms with Crippen molar-refractivity contribution in [3.63, 3.8) is 0 Å². The number of hydrogen-bond donors (Lipinski definition) is 4. The maximum atomic E-state index is 10.8. The Morgan fingerprint density at radius 2 is 1.87 bits per heavy atom. The number of aromatic hydroxyl groups is 1. The lowest BCUT2D eigenvalue weighted by atomic mass is 9.92. The van der Waals surface area contributed by atoms with E-state index in [4.69, 9.17) is 14.6 Å². The first-order chi connectivity index (χ1) is 10.6. The molecule has 0 saturated carbocycles. The SMILES string of the molecule is COc1cc(O)c(CCC(=O)O)c(OC)c1CC(O)C(C)(C)O. The molecule has 0 heterocycles. The number of carboxylic acid groups (broad SMARTS) is 1. The Hall–Kier alpha value is -1.99. The third-order valence-electron chi connectivity index (χ3n) is 3.65. The molecule has 1 rings (SSSR count). The number of benzene rings is 1. The zero-order valence-electron chi connectivity index (χ0n) is 13.8. The molecule has 0 radical (unpaired) electrons. The van der Waals surface area contributed by atoms with Gasteiger partial charge in [0.25, 0.3) is 0 Å². The first-order valence-corrected chi connectivity index (χ1v) is 7.19. The van der Waals surface area contributed by atoms with Gasteiger partial charge in [-0.3, -0.25) is 4.79 Å². The van der Waals surface area contributed by atoms with E-state index in [1.807, 2.05) is 0 Å². The van der Waals surface area contributed by atoms with Gasteiger partial charge in [-0.2, -0.15) is 0 Å². The third-order valence-corrected chi connectivity index (χ3v) is 3.65. The lowest BCUT2D eigenvalue weighted by Gasteiger charge is -2.26. The minimum Gasteiger partial charge on any atom is -0.507 e. The summed E-state index contributed by atoms with van der Waals surface area (Å²) in [6, 6.07) is 1.35. The van der Waals surface area contributed by atoms with Crippen LogP contribution in [0.5, 0.6) is 17.2 Å². The highest BCUT2D eigenvalue weighted by Gasteiger charge is 2.29. The summed E-state index contributed by atoms with van der Waals surface area (Å²) in [7, 11) is 2.80. The highest BCUT2D eigenvalue weighted by atomic mass is 16.5. The van der Waals surface area contributed by atoms with E-state index in [1.165, 1.54) is 34.1 Å². The molecule has 23 heavy (non-hydrogen) atoms. The number of ether oxygens (including phenoxy) is 2. The summed E-state index contributed by atoms with van der Waals surface area (Å²) in [5, 5.41) is 39.0. The number of aliphatic hydroxyl groups is 2. The number of carbonyl (C=O) groups is 1. The van der Waals surface area contributed by atoms with Crippen molar-refractivity contribution >= 4 is 5.97 Å². The third kappa shape index (κ3) is 4.74. The van der Waals surface area contributed by atoms with Crippen molar-refractivity contribution in [3.8, 4) is 17.2 Å². The average Bonchev–Trinajstić information content (AvgIpc) is 2.45. The molecule has 4 N–H and O–H groups in total. The van der Waals surface area contributed by atoms with Crippen LogP contribution in [0.25, 0.3) is 0 Å². The highest BCUT2D eigenvalue weighted by molar-refractivity contribution is 5.68. The molecular weight excluding hydrogens is 304 g/mol. The molecule has 0 aromatic heterocycles. The van der Waals surface area contributed by atoms with Gasteiger partial charge in [-0.1, -0.05) is 0 Å². The van der Waals surface area contributed by atoms with Crippen LogP contribution in [-0.4, -0.2) is 52.3 Å². The number of hydrogen-bond acceptors (Lipinski definition) is 6. The van der Waals surface area contributed by atoms with Gasteiger partial charge in [0, 0.05) is 30.0 Å². The van der Waals surface area contributed by atoms with Crippen LogP contribution in [0.2, 0.25) is 0 Å². The minimum atomic E-state index is -1.34. The molecule has 0 aliphatic carbocycles. The Bertz CT molecular complexity index is 561. The summed E-state index contributed by atoms with van der Waals surface area (Å²) in [6.45, 7) is 2.95. The quantitative estimate of drug-likeness (QED) is 0.564. The van der Waals surface area contributed by atoms with E-state index >= 15 is 0 Å². The van der Waals surface area contributed by atoms with E-state index in [-0.39, 0.29) is 30.8 Å². The standard InChI is InChI=1S/C16H24O7/c1-16(2,21)13(18)7-10-12(22-3)8-11(17)9(15(10)23-4)5-6-14(19)20/h8,13,17-18,21H,5-7H2,1-4H3,(H,19,20). The maximum absolute atomic E-state index is 10.8. The van der Waals surface area contributed by atoms with Crippen molar-refractivity contribution in [2.24, 2.45) is 0 Å². The minimum absolute atomic E-state index is 0.0240. The molecule has 1 aromatic rings. The molecule has 0 aliphatic rings. The van der Waals surface area contributed by atoms with Gasteiger partial charge in [0.1, 0.15) is 17.2 Å². The zero-order valence-corrected chi connectivity index (χ0v) is 13.8. The predicted octanol–water partition coefficient (Wildman–Crippen LogP) is 1.10. The Kier molecular flexibility index (Phi) is 6.23. The monoisotopic (exact) mass is 328 g/mol. The fourth-order valence-electron chi connectivity index (χ4n) is 2.25. The topological polar surface area (TPSA) is 116 Å². The van der Waals surface area contributed by atoms with Gasteiger partial charge in [0.05, 0.1) is 25.9 Å². The van der Waals surface area contributed by atoms with Crippen molar-refractivity contribution in [1.82, 2.24) is 0 Å². The molecule has 0 saturated heterocycles. The highest BCUT2D eigenvalue weighted by Crippen LogP contribution is 2.40. The molecule has 0 aliphatic heterocycles. The van der Waals surface area contributed by atoms with Crippen LogP contribution in [0.4, 0.5) is 0 Å².